The zero-order chi connectivity index (χ0) is 20.5. The fourth-order valence-electron chi connectivity index (χ4n) is 4.26. The van der Waals surface area contributed by atoms with E-state index in [0.29, 0.717) is 5.41 Å². The molecule has 0 amide bonds. The summed E-state index contributed by atoms with van der Waals surface area (Å²) in [6.07, 6.45) is 4.94. The lowest BCUT2D eigenvalue weighted by Gasteiger charge is -2.42. The Balaban J connectivity index is 1.59. The molecule has 162 valence electrons. The Hall–Kier alpha value is -1.34. The average molecular weight is 423 g/mol. The predicted molar refractivity (Wildman–Crippen MR) is 119 cm³/mol. The van der Waals surface area contributed by atoms with Crippen molar-refractivity contribution in [2.24, 2.45) is 10.4 Å². The summed E-state index contributed by atoms with van der Waals surface area (Å²) >= 11 is 6.27. The number of nitrogens with zero attached hydrogens (tertiary/aromatic N) is 2. The maximum Gasteiger partial charge on any atom is 0.191 e. The van der Waals surface area contributed by atoms with Gasteiger partial charge in [0.1, 0.15) is 0 Å². The number of aliphatic imine (C=N–C) groups is 1. The zero-order valence-corrected chi connectivity index (χ0v) is 18.5. The van der Waals surface area contributed by atoms with E-state index in [2.05, 4.69) is 32.7 Å². The maximum atomic E-state index is 6.27. The molecule has 3 rings (SSSR count). The Labute approximate surface area is 180 Å². The largest absolute Gasteiger partial charge is 0.385 e. The molecule has 0 spiro atoms. The van der Waals surface area contributed by atoms with Crippen LogP contribution in [0.15, 0.2) is 29.3 Å². The summed E-state index contributed by atoms with van der Waals surface area (Å²) in [4.78, 5) is 6.91. The molecule has 1 saturated heterocycles. The molecule has 7 heteroatoms. The van der Waals surface area contributed by atoms with E-state index in [1.165, 1.54) is 24.8 Å². The lowest BCUT2D eigenvalue weighted by atomic mass is 9.67. The third-order valence-corrected chi connectivity index (χ3v) is 6.52. The van der Waals surface area contributed by atoms with E-state index < -0.39 is 0 Å². The molecule has 0 aromatic heterocycles. The van der Waals surface area contributed by atoms with Crippen LogP contribution in [0.3, 0.4) is 0 Å². The monoisotopic (exact) mass is 422 g/mol. The van der Waals surface area contributed by atoms with Crippen molar-refractivity contribution in [1.82, 2.24) is 15.5 Å². The van der Waals surface area contributed by atoms with Crippen LogP contribution in [0.25, 0.3) is 0 Å². The highest BCUT2D eigenvalue weighted by Crippen LogP contribution is 2.43. The van der Waals surface area contributed by atoms with Crippen LogP contribution in [0.1, 0.15) is 37.3 Å². The number of benzene rings is 1. The molecule has 1 aromatic carbocycles. The fourth-order valence-corrected chi connectivity index (χ4v) is 4.46. The Morgan fingerprint density at radius 2 is 2.10 bits per heavy atom. The van der Waals surface area contributed by atoms with Gasteiger partial charge in [0.2, 0.25) is 0 Å². The van der Waals surface area contributed by atoms with Crippen molar-refractivity contribution in [2.45, 2.75) is 31.7 Å². The first-order valence-electron chi connectivity index (χ1n) is 10.7. The molecule has 1 unspecified atom stereocenters. The van der Waals surface area contributed by atoms with Crippen LogP contribution >= 0.6 is 11.6 Å². The molecule has 0 bridgehead atoms. The van der Waals surface area contributed by atoms with E-state index in [1.54, 1.807) is 7.11 Å². The molecule has 2 N–H and O–H groups in total. The van der Waals surface area contributed by atoms with Gasteiger partial charge in [-0.25, -0.2) is 0 Å². The van der Waals surface area contributed by atoms with E-state index >= 15 is 0 Å². The minimum atomic E-state index is 0.224. The number of methoxy groups -OCH3 is 1. The highest BCUT2D eigenvalue weighted by Gasteiger charge is 2.36. The molecule has 1 saturated carbocycles. The van der Waals surface area contributed by atoms with E-state index in [9.17, 15) is 0 Å². The summed E-state index contributed by atoms with van der Waals surface area (Å²) in [6, 6.07) is 8.38. The molecule has 1 atom stereocenters. The quantitative estimate of drug-likeness (QED) is 0.473. The molecular formula is C22H35ClN4O2. The summed E-state index contributed by atoms with van der Waals surface area (Å²) < 4.78 is 10.9. The molecule has 2 fully saturated rings. The highest BCUT2D eigenvalue weighted by molar-refractivity contribution is 6.30. The standard InChI is InChI=1S/C22H35ClN4O2/c1-24-21(26-17-22(7-4-8-22)9-12-28-2)25-16-20(27-10-13-29-14-11-27)18-5-3-6-19(23)15-18/h3,5-6,15,20H,4,7-14,16-17H2,1-2H3,(H2,24,25,26). The van der Waals surface area contributed by atoms with Crippen LogP contribution in [-0.2, 0) is 9.47 Å². The second-order valence-electron chi connectivity index (χ2n) is 8.12. The molecule has 1 aromatic rings. The van der Waals surface area contributed by atoms with Crippen LogP contribution in [-0.4, -0.2) is 71.0 Å². The Morgan fingerprint density at radius 1 is 1.31 bits per heavy atom. The van der Waals surface area contributed by atoms with Crippen molar-refractivity contribution in [2.75, 3.05) is 60.2 Å². The van der Waals surface area contributed by atoms with Crippen molar-refractivity contribution < 1.29 is 9.47 Å². The van der Waals surface area contributed by atoms with E-state index in [-0.39, 0.29) is 6.04 Å². The van der Waals surface area contributed by atoms with Gasteiger partial charge in [-0.3, -0.25) is 9.89 Å². The molecule has 1 heterocycles. The number of halogens is 1. The first kappa shape index (κ1) is 22.3. The van der Waals surface area contributed by atoms with Gasteiger partial charge in [0.15, 0.2) is 5.96 Å². The molecule has 0 radical (unpaired) electrons. The first-order valence-corrected chi connectivity index (χ1v) is 11.0. The average Bonchev–Trinajstić information content (AvgIpc) is 2.72. The van der Waals surface area contributed by atoms with Gasteiger partial charge < -0.3 is 20.1 Å². The summed E-state index contributed by atoms with van der Waals surface area (Å²) in [7, 11) is 3.61. The third kappa shape index (κ3) is 6.32. The second kappa shape index (κ2) is 11.2. The summed E-state index contributed by atoms with van der Waals surface area (Å²) in [5, 5.41) is 7.87. The normalized spacial score (nSPS) is 20.7. The van der Waals surface area contributed by atoms with Crippen molar-refractivity contribution in [3.63, 3.8) is 0 Å². The van der Waals surface area contributed by atoms with Gasteiger partial charge in [0.25, 0.3) is 0 Å². The number of rotatable bonds is 9. The van der Waals surface area contributed by atoms with E-state index in [1.807, 2.05) is 19.2 Å². The number of nitrogens with one attached hydrogen (secondary N) is 2. The van der Waals surface area contributed by atoms with Crippen LogP contribution in [0.2, 0.25) is 5.02 Å². The summed E-state index contributed by atoms with van der Waals surface area (Å²) in [6.45, 7) is 5.91. The number of guanidine groups is 1. The van der Waals surface area contributed by atoms with Crippen molar-refractivity contribution in [1.29, 1.82) is 0 Å². The number of hydrogen-bond acceptors (Lipinski definition) is 4. The van der Waals surface area contributed by atoms with Crippen LogP contribution in [0, 0.1) is 5.41 Å². The zero-order valence-electron chi connectivity index (χ0n) is 17.8. The second-order valence-corrected chi connectivity index (χ2v) is 8.56. The minimum absolute atomic E-state index is 0.224. The molecule has 1 aliphatic carbocycles. The van der Waals surface area contributed by atoms with Gasteiger partial charge in [-0.05, 0) is 42.4 Å². The summed E-state index contributed by atoms with van der Waals surface area (Å²) in [5.74, 6) is 0.856. The first-order chi connectivity index (χ1) is 14.2. The van der Waals surface area contributed by atoms with Gasteiger partial charge in [-0.15, -0.1) is 0 Å². The van der Waals surface area contributed by atoms with Crippen molar-refractivity contribution >= 4 is 17.6 Å². The molecule has 6 nitrogen and oxygen atoms in total. The van der Waals surface area contributed by atoms with E-state index in [4.69, 9.17) is 21.1 Å². The minimum Gasteiger partial charge on any atom is -0.385 e. The van der Waals surface area contributed by atoms with Crippen molar-refractivity contribution in [3.8, 4) is 0 Å². The number of morpholine rings is 1. The van der Waals surface area contributed by atoms with Gasteiger partial charge in [0.05, 0.1) is 19.3 Å². The van der Waals surface area contributed by atoms with Crippen LogP contribution < -0.4 is 10.6 Å². The van der Waals surface area contributed by atoms with Gasteiger partial charge in [0, 0.05) is 52.0 Å². The Morgan fingerprint density at radius 3 is 2.72 bits per heavy atom. The molecule has 2 aliphatic rings. The Bertz CT molecular complexity index is 660. The number of ether oxygens (including phenoxy) is 2. The van der Waals surface area contributed by atoms with Crippen LogP contribution in [0.4, 0.5) is 0 Å². The topological polar surface area (TPSA) is 58.1 Å². The SMILES string of the molecule is CN=C(NCC(c1cccc(Cl)c1)N1CCOCC1)NCC1(CCOC)CCC1. The molecule has 1 aliphatic heterocycles. The number of hydrogen-bond donors (Lipinski definition) is 2. The molecular weight excluding hydrogens is 388 g/mol. The van der Waals surface area contributed by atoms with Gasteiger partial charge in [-0.1, -0.05) is 30.2 Å². The lowest BCUT2D eigenvalue weighted by Crippen LogP contribution is -2.49. The third-order valence-electron chi connectivity index (χ3n) is 6.29. The van der Waals surface area contributed by atoms with E-state index in [0.717, 1.165) is 63.4 Å². The smallest absolute Gasteiger partial charge is 0.191 e. The van der Waals surface area contributed by atoms with Gasteiger partial charge in [-0.2, -0.15) is 0 Å². The Kier molecular flexibility index (Phi) is 8.60. The maximum absolute atomic E-state index is 6.27. The predicted octanol–water partition coefficient (Wildman–Crippen LogP) is 3.09. The highest BCUT2D eigenvalue weighted by atomic mass is 35.5. The fraction of sp³-hybridized carbons (Fsp3) is 0.682. The van der Waals surface area contributed by atoms with Crippen molar-refractivity contribution in [3.05, 3.63) is 34.9 Å². The molecule has 29 heavy (non-hydrogen) atoms. The van der Waals surface area contributed by atoms with Crippen LogP contribution in [0.5, 0.6) is 0 Å². The summed E-state index contributed by atoms with van der Waals surface area (Å²) in [5.41, 5.74) is 1.57. The lowest BCUT2D eigenvalue weighted by molar-refractivity contribution is 0.0169. The van der Waals surface area contributed by atoms with Gasteiger partial charge >= 0.3 is 0 Å².